The number of fused-ring (bicyclic) bond motifs is 2. The van der Waals surface area contributed by atoms with Crippen molar-refractivity contribution >= 4 is 55.1 Å². The molecule has 0 aliphatic heterocycles. The molecule has 0 saturated carbocycles. The number of sulfonamides is 1. The Labute approximate surface area is 171 Å². The Balaban J connectivity index is 1.90. The average molecular weight is 430 g/mol. The van der Waals surface area contributed by atoms with Crippen molar-refractivity contribution < 1.29 is 18.3 Å². The molecule has 0 saturated heterocycles. The summed E-state index contributed by atoms with van der Waals surface area (Å²) in [6.45, 7) is 1.36. The molecule has 0 spiro atoms. The van der Waals surface area contributed by atoms with E-state index in [4.69, 9.17) is 11.6 Å². The third-order valence-electron chi connectivity index (χ3n) is 4.70. The number of carboxylic acids is 1. The van der Waals surface area contributed by atoms with E-state index in [9.17, 15) is 18.3 Å². The highest BCUT2D eigenvalue weighted by Gasteiger charge is 2.23. The van der Waals surface area contributed by atoms with Crippen LogP contribution in [0.1, 0.15) is 5.69 Å². The van der Waals surface area contributed by atoms with E-state index in [1.807, 2.05) is 0 Å². The van der Waals surface area contributed by atoms with E-state index in [2.05, 4.69) is 9.71 Å². The predicted molar refractivity (Wildman–Crippen MR) is 112 cm³/mol. The molecule has 0 aliphatic carbocycles. The number of aromatic nitrogens is 2. The first-order valence-electron chi connectivity index (χ1n) is 8.64. The second kappa shape index (κ2) is 7.06. The van der Waals surface area contributed by atoms with Gasteiger partial charge in [-0.3, -0.25) is 14.5 Å². The predicted octanol–water partition coefficient (Wildman–Crippen LogP) is 4.04. The Morgan fingerprint density at radius 2 is 1.97 bits per heavy atom. The summed E-state index contributed by atoms with van der Waals surface area (Å²) in [5.41, 5.74) is 1.69. The van der Waals surface area contributed by atoms with Crippen LogP contribution in [0, 0.1) is 6.92 Å². The second-order valence-corrected chi connectivity index (χ2v) is 8.63. The van der Waals surface area contributed by atoms with Gasteiger partial charge in [0.25, 0.3) is 10.0 Å². The summed E-state index contributed by atoms with van der Waals surface area (Å²) >= 11 is 6.11. The minimum absolute atomic E-state index is 0.0381. The van der Waals surface area contributed by atoms with E-state index in [-0.39, 0.29) is 17.1 Å². The fourth-order valence-electron chi connectivity index (χ4n) is 3.40. The van der Waals surface area contributed by atoms with Crippen molar-refractivity contribution in [1.29, 1.82) is 0 Å². The Morgan fingerprint density at radius 3 is 2.72 bits per heavy atom. The molecule has 0 atom stereocenters. The van der Waals surface area contributed by atoms with Crippen LogP contribution >= 0.6 is 11.6 Å². The number of hydrogen-bond acceptors (Lipinski definition) is 4. The lowest BCUT2D eigenvalue weighted by molar-refractivity contribution is -0.137. The lowest BCUT2D eigenvalue weighted by atomic mass is 10.2. The molecule has 7 nitrogen and oxygen atoms in total. The van der Waals surface area contributed by atoms with Gasteiger partial charge in [0.1, 0.15) is 11.4 Å². The number of pyridine rings is 1. The number of nitrogens with zero attached hydrogens (tertiary/aromatic N) is 2. The number of halogens is 1. The molecule has 2 heterocycles. The van der Waals surface area contributed by atoms with Gasteiger partial charge in [0, 0.05) is 27.7 Å². The molecular weight excluding hydrogens is 414 g/mol. The molecule has 9 heteroatoms. The maximum absolute atomic E-state index is 13.2. The van der Waals surface area contributed by atoms with Gasteiger partial charge in [0.05, 0.1) is 16.7 Å². The van der Waals surface area contributed by atoms with Crippen molar-refractivity contribution in [2.75, 3.05) is 4.72 Å². The molecule has 148 valence electrons. The lowest BCUT2D eigenvalue weighted by Crippen LogP contribution is -2.15. The number of carbonyl (C=O) groups is 1. The SMILES string of the molecule is Cc1c(NS(=O)(=O)c2cccc3cccnc23)c2cc(Cl)ccc2n1CC(=O)O. The highest BCUT2D eigenvalue weighted by Crippen LogP contribution is 2.35. The topological polar surface area (TPSA) is 101 Å². The molecule has 4 rings (SSSR count). The molecule has 29 heavy (non-hydrogen) atoms. The van der Waals surface area contributed by atoms with Crippen molar-refractivity contribution in [1.82, 2.24) is 9.55 Å². The van der Waals surface area contributed by atoms with Gasteiger partial charge in [-0.25, -0.2) is 8.42 Å². The number of carboxylic acid groups (broad SMARTS) is 1. The van der Waals surface area contributed by atoms with Crippen molar-refractivity contribution in [3.05, 3.63) is 65.4 Å². The van der Waals surface area contributed by atoms with Crippen LogP contribution in [0.25, 0.3) is 21.8 Å². The van der Waals surface area contributed by atoms with Gasteiger partial charge in [-0.2, -0.15) is 0 Å². The first-order valence-corrected chi connectivity index (χ1v) is 10.5. The average Bonchev–Trinajstić information content (AvgIpc) is 2.92. The zero-order chi connectivity index (χ0) is 20.8. The molecule has 2 aromatic carbocycles. The highest BCUT2D eigenvalue weighted by atomic mass is 35.5. The normalized spacial score (nSPS) is 11.8. The first kappa shape index (κ1) is 19.2. The summed E-state index contributed by atoms with van der Waals surface area (Å²) in [6, 6.07) is 13.3. The maximum Gasteiger partial charge on any atom is 0.323 e. The second-order valence-electron chi connectivity index (χ2n) is 6.54. The Bertz CT molecular complexity index is 1370. The zero-order valence-electron chi connectivity index (χ0n) is 15.3. The van der Waals surface area contributed by atoms with Crippen LogP contribution in [0.15, 0.2) is 59.6 Å². The standard InChI is InChI=1S/C20H16ClN3O4S/c1-12-19(15-10-14(21)7-8-16(15)24(12)11-18(25)26)23-29(27,28)17-6-2-4-13-5-3-9-22-20(13)17/h2-10,23H,11H2,1H3,(H,25,26). The third-order valence-corrected chi connectivity index (χ3v) is 6.32. The van der Waals surface area contributed by atoms with Crippen LogP contribution < -0.4 is 4.72 Å². The quantitative estimate of drug-likeness (QED) is 0.498. The van der Waals surface area contributed by atoms with Crippen molar-refractivity contribution in [3.8, 4) is 0 Å². The number of aliphatic carboxylic acids is 1. The fourth-order valence-corrected chi connectivity index (χ4v) is 4.90. The van der Waals surface area contributed by atoms with Gasteiger partial charge in [-0.15, -0.1) is 0 Å². The molecule has 0 aliphatic rings. The van der Waals surface area contributed by atoms with E-state index in [0.29, 0.717) is 32.5 Å². The Hall–Kier alpha value is -3.10. The van der Waals surface area contributed by atoms with Gasteiger partial charge >= 0.3 is 5.97 Å². The summed E-state index contributed by atoms with van der Waals surface area (Å²) < 4.78 is 30.6. The summed E-state index contributed by atoms with van der Waals surface area (Å²) in [5.74, 6) is -1.03. The van der Waals surface area contributed by atoms with E-state index < -0.39 is 16.0 Å². The fraction of sp³-hybridized carbons (Fsp3) is 0.100. The summed E-state index contributed by atoms with van der Waals surface area (Å²) in [5, 5.41) is 10.9. The molecule has 2 N–H and O–H groups in total. The number of para-hydroxylation sites is 1. The van der Waals surface area contributed by atoms with Crippen LogP contribution in [0.5, 0.6) is 0 Å². The highest BCUT2D eigenvalue weighted by molar-refractivity contribution is 7.93. The van der Waals surface area contributed by atoms with Gasteiger partial charge in [-0.1, -0.05) is 29.8 Å². The smallest absolute Gasteiger partial charge is 0.323 e. The summed E-state index contributed by atoms with van der Waals surface area (Å²) in [6.07, 6.45) is 1.53. The first-order chi connectivity index (χ1) is 13.8. The van der Waals surface area contributed by atoms with Crippen LogP contribution in [-0.4, -0.2) is 29.0 Å². The summed E-state index contributed by atoms with van der Waals surface area (Å²) in [4.78, 5) is 15.5. The molecule has 4 aromatic rings. The number of rotatable bonds is 5. The van der Waals surface area contributed by atoms with Crippen molar-refractivity contribution in [3.63, 3.8) is 0 Å². The molecule has 0 amide bonds. The molecule has 0 bridgehead atoms. The molecule has 2 aromatic heterocycles. The number of anilines is 1. The van der Waals surface area contributed by atoms with Crippen LogP contribution in [-0.2, 0) is 21.4 Å². The third kappa shape index (κ3) is 3.41. The molecule has 0 radical (unpaired) electrons. The van der Waals surface area contributed by atoms with E-state index in [1.54, 1.807) is 49.4 Å². The maximum atomic E-state index is 13.2. The van der Waals surface area contributed by atoms with Crippen molar-refractivity contribution in [2.24, 2.45) is 0 Å². The number of nitrogens with one attached hydrogen (secondary N) is 1. The monoisotopic (exact) mass is 429 g/mol. The minimum Gasteiger partial charge on any atom is -0.480 e. The van der Waals surface area contributed by atoms with Crippen molar-refractivity contribution in [2.45, 2.75) is 18.4 Å². The minimum atomic E-state index is -4.00. The van der Waals surface area contributed by atoms with E-state index >= 15 is 0 Å². The molecule has 0 fully saturated rings. The Kier molecular flexibility index (Phi) is 4.68. The number of benzene rings is 2. The van der Waals surface area contributed by atoms with Gasteiger partial charge < -0.3 is 9.67 Å². The lowest BCUT2D eigenvalue weighted by Gasteiger charge is -2.11. The van der Waals surface area contributed by atoms with Gasteiger partial charge in [-0.05, 0) is 37.3 Å². The van der Waals surface area contributed by atoms with Crippen LogP contribution in [0.3, 0.4) is 0 Å². The number of hydrogen-bond donors (Lipinski definition) is 2. The van der Waals surface area contributed by atoms with E-state index in [1.165, 1.54) is 16.8 Å². The van der Waals surface area contributed by atoms with Crippen LogP contribution in [0.2, 0.25) is 5.02 Å². The molecule has 0 unspecified atom stereocenters. The molecular formula is C20H16ClN3O4S. The summed E-state index contributed by atoms with van der Waals surface area (Å²) in [7, 11) is -4.00. The van der Waals surface area contributed by atoms with E-state index in [0.717, 1.165) is 0 Å². The largest absolute Gasteiger partial charge is 0.480 e. The van der Waals surface area contributed by atoms with Gasteiger partial charge in [0.15, 0.2) is 0 Å². The Morgan fingerprint density at radius 1 is 1.21 bits per heavy atom. The van der Waals surface area contributed by atoms with Crippen LogP contribution in [0.4, 0.5) is 5.69 Å². The van der Waals surface area contributed by atoms with Gasteiger partial charge in [0.2, 0.25) is 0 Å². The zero-order valence-corrected chi connectivity index (χ0v) is 16.8.